The smallest absolute Gasteiger partial charge is 0.329 e. The highest BCUT2D eigenvalue weighted by atomic mass is 16.2. The Morgan fingerprint density at radius 2 is 1.58 bits per heavy atom. The summed E-state index contributed by atoms with van der Waals surface area (Å²) in [5, 5.41) is 2.89. The lowest BCUT2D eigenvalue weighted by atomic mass is 9.99. The molecule has 0 radical (unpaired) electrons. The Hall–Kier alpha value is -3.35. The molecule has 7 nitrogen and oxygen atoms in total. The van der Waals surface area contributed by atoms with E-state index in [1.165, 1.54) is 11.1 Å². The zero-order chi connectivity index (χ0) is 23.2. The van der Waals surface area contributed by atoms with Crippen LogP contribution in [0.25, 0.3) is 11.0 Å². The first-order valence-electron chi connectivity index (χ1n) is 11.9. The maximum Gasteiger partial charge on any atom is 0.329 e. The minimum Gasteiger partial charge on any atom is -0.356 e. The quantitative estimate of drug-likeness (QED) is 0.511. The molecular formula is C26H32N4O3. The predicted octanol–water partition coefficient (Wildman–Crippen LogP) is 3.08. The molecule has 0 atom stereocenters. The number of carbonyl (C=O) groups excluding carboxylic acids is 2. The van der Waals surface area contributed by atoms with Gasteiger partial charge >= 0.3 is 5.69 Å². The average Bonchev–Trinajstić information content (AvgIpc) is 3.11. The molecule has 0 saturated carbocycles. The Morgan fingerprint density at radius 3 is 2.30 bits per heavy atom. The van der Waals surface area contributed by atoms with Crippen LogP contribution in [0.1, 0.15) is 43.7 Å². The Balaban J connectivity index is 1.23. The lowest BCUT2D eigenvalue weighted by Gasteiger charge is -2.29. The molecule has 1 N–H and O–H groups in total. The van der Waals surface area contributed by atoms with Crippen LogP contribution < -0.4 is 11.0 Å². The van der Waals surface area contributed by atoms with Crippen molar-refractivity contribution in [3.63, 3.8) is 0 Å². The Morgan fingerprint density at radius 1 is 0.909 bits per heavy atom. The largest absolute Gasteiger partial charge is 0.356 e. The number of nitrogens with zero attached hydrogens (tertiary/aromatic N) is 3. The first kappa shape index (κ1) is 22.8. The van der Waals surface area contributed by atoms with Gasteiger partial charge in [0, 0.05) is 45.6 Å². The number of hydrogen-bond acceptors (Lipinski definition) is 3. The fourth-order valence-corrected chi connectivity index (χ4v) is 4.56. The van der Waals surface area contributed by atoms with Gasteiger partial charge in [0.05, 0.1) is 11.0 Å². The van der Waals surface area contributed by atoms with Gasteiger partial charge in [0.2, 0.25) is 11.8 Å². The molecule has 0 saturated heterocycles. The molecule has 3 aromatic rings. The molecule has 2 aromatic carbocycles. The van der Waals surface area contributed by atoms with Crippen LogP contribution >= 0.6 is 0 Å². The number of nitrogens with one attached hydrogen (secondary N) is 1. The van der Waals surface area contributed by atoms with Gasteiger partial charge in [-0.05, 0) is 42.5 Å². The fraction of sp³-hybridized carbons (Fsp3) is 0.423. The van der Waals surface area contributed by atoms with E-state index in [0.717, 1.165) is 30.4 Å². The molecule has 2 heterocycles. The summed E-state index contributed by atoms with van der Waals surface area (Å²) in [6, 6.07) is 16.0. The molecule has 1 aliphatic rings. The number of rotatable bonds is 9. The summed E-state index contributed by atoms with van der Waals surface area (Å²) < 4.78 is 3.46. The van der Waals surface area contributed by atoms with E-state index in [2.05, 4.69) is 17.4 Å². The topological polar surface area (TPSA) is 76.3 Å². The van der Waals surface area contributed by atoms with Crippen molar-refractivity contribution in [3.05, 3.63) is 70.1 Å². The van der Waals surface area contributed by atoms with Crippen LogP contribution in [0.4, 0.5) is 0 Å². The SMILES string of the molecule is CCCn1c(=O)n(CCC(=O)NCCCC(=O)N2CCc3ccccc3C2)c2ccccc21. The van der Waals surface area contributed by atoms with E-state index in [1.54, 1.807) is 9.13 Å². The second-order valence-corrected chi connectivity index (χ2v) is 8.61. The number of fused-ring (bicyclic) bond motifs is 2. The summed E-state index contributed by atoms with van der Waals surface area (Å²) in [5.74, 6) is 0.0302. The lowest BCUT2D eigenvalue weighted by Crippen LogP contribution is -2.36. The Kier molecular flexibility index (Phi) is 7.27. The molecule has 2 amide bonds. The second kappa shape index (κ2) is 10.5. The van der Waals surface area contributed by atoms with Gasteiger partial charge in [-0.25, -0.2) is 4.79 Å². The summed E-state index contributed by atoms with van der Waals surface area (Å²) in [6.45, 7) is 4.93. The van der Waals surface area contributed by atoms with Crippen molar-refractivity contribution in [1.29, 1.82) is 0 Å². The van der Waals surface area contributed by atoms with E-state index in [4.69, 9.17) is 0 Å². The highest BCUT2D eigenvalue weighted by Crippen LogP contribution is 2.19. The normalized spacial score (nSPS) is 13.2. The van der Waals surface area contributed by atoms with Crippen LogP contribution in [0, 0.1) is 0 Å². The van der Waals surface area contributed by atoms with Gasteiger partial charge in [-0.15, -0.1) is 0 Å². The zero-order valence-electron chi connectivity index (χ0n) is 19.3. The standard InChI is InChI=1S/C26H32N4O3/c1-2-16-29-22-10-5-6-11-23(22)30(26(29)33)18-14-24(31)27-15-7-12-25(32)28-17-13-20-8-3-4-9-21(20)19-28/h3-6,8-11H,2,7,12-19H2,1H3,(H,27,31). The van der Waals surface area contributed by atoms with E-state index in [0.29, 0.717) is 39.0 Å². The summed E-state index contributed by atoms with van der Waals surface area (Å²) >= 11 is 0. The number of imidazole rings is 1. The van der Waals surface area contributed by atoms with Crippen LogP contribution in [0.5, 0.6) is 0 Å². The van der Waals surface area contributed by atoms with Gasteiger partial charge < -0.3 is 10.2 Å². The third-order valence-corrected chi connectivity index (χ3v) is 6.31. The van der Waals surface area contributed by atoms with E-state index >= 15 is 0 Å². The van der Waals surface area contributed by atoms with Crippen LogP contribution in [-0.2, 0) is 35.6 Å². The van der Waals surface area contributed by atoms with Crippen molar-refractivity contribution in [2.45, 2.75) is 58.7 Å². The lowest BCUT2D eigenvalue weighted by molar-refractivity contribution is -0.132. The molecule has 0 unspecified atom stereocenters. The molecule has 7 heteroatoms. The molecule has 174 valence electrons. The maximum atomic E-state index is 12.8. The fourth-order valence-electron chi connectivity index (χ4n) is 4.56. The predicted molar refractivity (Wildman–Crippen MR) is 129 cm³/mol. The minimum atomic E-state index is -0.103. The van der Waals surface area contributed by atoms with Gasteiger partial charge in [0.1, 0.15) is 0 Å². The number of aromatic nitrogens is 2. The summed E-state index contributed by atoms with van der Waals surface area (Å²) in [5.41, 5.74) is 4.24. The number of carbonyl (C=O) groups is 2. The van der Waals surface area contributed by atoms with E-state index < -0.39 is 0 Å². The first-order valence-corrected chi connectivity index (χ1v) is 11.9. The van der Waals surface area contributed by atoms with Crippen molar-refractivity contribution in [2.24, 2.45) is 0 Å². The van der Waals surface area contributed by atoms with E-state index in [-0.39, 0.29) is 23.9 Å². The van der Waals surface area contributed by atoms with Crippen LogP contribution in [0.3, 0.4) is 0 Å². The first-order chi connectivity index (χ1) is 16.1. The Labute approximate surface area is 194 Å². The molecule has 0 aliphatic carbocycles. The minimum absolute atomic E-state index is 0.0699. The number of aryl methyl sites for hydroxylation is 2. The van der Waals surface area contributed by atoms with E-state index in [9.17, 15) is 14.4 Å². The number of benzene rings is 2. The third kappa shape index (κ3) is 5.18. The summed E-state index contributed by atoms with van der Waals surface area (Å²) in [4.78, 5) is 39.6. The van der Waals surface area contributed by atoms with Crippen molar-refractivity contribution >= 4 is 22.8 Å². The highest BCUT2D eigenvalue weighted by Gasteiger charge is 2.20. The number of para-hydroxylation sites is 2. The summed E-state index contributed by atoms with van der Waals surface area (Å²) in [7, 11) is 0. The molecule has 0 bridgehead atoms. The van der Waals surface area contributed by atoms with Gasteiger partial charge in [-0.2, -0.15) is 0 Å². The zero-order valence-corrected chi connectivity index (χ0v) is 19.3. The molecule has 1 aromatic heterocycles. The van der Waals surface area contributed by atoms with Crippen molar-refractivity contribution in [3.8, 4) is 0 Å². The van der Waals surface area contributed by atoms with Crippen LogP contribution in [0.15, 0.2) is 53.3 Å². The van der Waals surface area contributed by atoms with Crippen LogP contribution in [0.2, 0.25) is 0 Å². The van der Waals surface area contributed by atoms with Gasteiger partial charge in [-0.3, -0.25) is 18.7 Å². The van der Waals surface area contributed by atoms with Crippen LogP contribution in [-0.4, -0.2) is 38.9 Å². The third-order valence-electron chi connectivity index (χ3n) is 6.31. The van der Waals surface area contributed by atoms with E-state index in [1.807, 2.05) is 48.2 Å². The number of amides is 2. The summed E-state index contributed by atoms with van der Waals surface area (Å²) in [6.07, 6.45) is 3.03. The highest BCUT2D eigenvalue weighted by molar-refractivity contribution is 5.78. The second-order valence-electron chi connectivity index (χ2n) is 8.61. The molecule has 0 fully saturated rings. The molecule has 33 heavy (non-hydrogen) atoms. The van der Waals surface area contributed by atoms with Gasteiger partial charge in [-0.1, -0.05) is 43.3 Å². The maximum absolute atomic E-state index is 12.8. The number of hydrogen-bond donors (Lipinski definition) is 1. The van der Waals surface area contributed by atoms with Crippen molar-refractivity contribution < 1.29 is 9.59 Å². The molecule has 0 spiro atoms. The Bertz CT molecular complexity index is 1190. The van der Waals surface area contributed by atoms with Crippen molar-refractivity contribution in [1.82, 2.24) is 19.4 Å². The average molecular weight is 449 g/mol. The van der Waals surface area contributed by atoms with Gasteiger partial charge in [0.25, 0.3) is 0 Å². The molecule has 1 aliphatic heterocycles. The van der Waals surface area contributed by atoms with Crippen molar-refractivity contribution in [2.75, 3.05) is 13.1 Å². The monoisotopic (exact) mass is 448 g/mol. The molecule has 4 rings (SSSR count). The van der Waals surface area contributed by atoms with Gasteiger partial charge in [0.15, 0.2) is 0 Å². The molecular weight excluding hydrogens is 416 g/mol.